The Labute approximate surface area is 151 Å². The van der Waals surface area contributed by atoms with Crippen LogP contribution in [0.3, 0.4) is 0 Å². The molecule has 10 heteroatoms. The van der Waals surface area contributed by atoms with Crippen molar-refractivity contribution in [3.8, 4) is 0 Å². The highest BCUT2D eigenvalue weighted by atomic mass is 32.2. The molecular weight excluding hydrogens is 380 g/mol. The van der Waals surface area contributed by atoms with E-state index in [1.807, 2.05) is 6.92 Å². The molecule has 0 radical (unpaired) electrons. The molecule has 0 spiro atoms. The number of benzene rings is 1. The number of rotatable bonds is 7. The number of carbonyl (C=O) groups excluding carboxylic acids is 1. The largest absolute Gasteiger partial charge is 0.465 e. The van der Waals surface area contributed by atoms with Gasteiger partial charge in [0.25, 0.3) is 10.0 Å². The minimum atomic E-state index is -4.15. The molecule has 0 atom stereocenters. The summed E-state index contributed by atoms with van der Waals surface area (Å²) in [7, 11) is -6.76. The molecule has 26 heavy (non-hydrogen) atoms. The number of sulfonamides is 1. The Balaban J connectivity index is 2.56. The van der Waals surface area contributed by atoms with Crippen molar-refractivity contribution in [1.29, 1.82) is 0 Å². The summed E-state index contributed by atoms with van der Waals surface area (Å²) < 4.78 is 54.1. The van der Waals surface area contributed by atoms with Gasteiger partial charge in [-0.25, -0.2) is 21.6 Å². The van der Waals surface area contributed by atoms with Gasteiger partial charge in [-0.15, -0.1) is 0 Å². The maximum atomic E-state index is 12.2. The second kappa shape index (κ2) is 7.34. The first-order valence-corrected chi connectivity index (χ1v) is 10.6. The number of aromatic amines is 1. The third-order valence-electron chi connectivity index (χ3n) is 3.59. The molecule has 0 fully saturated rings. The number of hydrogen-bond donors (Lipinski definition) is 2. The summed E-state index contributed by atoms with van der Waals surface area (Å²) in [6.45, 7) is 5.02. The van der Waals surface area contributed by atoms with Crippen LogP contribution in [0.4, 0.5) is 5.69 Å². The van der Waals surface area contributed by atoms with Gasteiger partial charge in [0.15, 0.2) is 9.84 Å². The predicted octanol–water partition coefficient (Wildman–Crippen LogP) is 2.29. The Morgan fingerprint density at radius 1 is 1.27 bits per heavy atom. The maximum absolute atomic E-state index is 12.2. The van der Waals surface area contributed by atoms with Crippen molar-refractivity contribution < 1.29 is 26.4 Å². The highest BCUT2D eigenvalue weighted by Gasteiger charge is 2.17. The number of hydrogen-bond acceptors (Lipinski definition) is 6. The molecule has 0 aliphatic heterocycles. The van der Waals surface area contributed by atoms with Crippen LogP contribution >= 0.6 is 0 Å². The average Bonchev–Trinajstić information content (AvgIpc) is 3.02. The van der Waals surface area contributed by atoms with Gasteiger partial charge in [0.1, 0.15) is 0 Å². The minimum Gasteiger partial charge on any atom is -0.465 e. The molecule has 0 saturated carbocycles. The molecule has 0 bridgehead atoms. The van der Waals surface area contributed by atoms with Crippen LogP contribution in [0.15, 0.2) is 41.1 Å². The van der Waals surface area contributed by atoms with Gasteiger partial charge in [-0.05, 0) is 24.1 Å². The van der Waals surface area contributed by atoms with E-state index in [2.05, 4.69) is 16.3 Å². The Morgan fingerprint density at radius 2 is 1.96 bits per heavy atom. The number of carbonyl (C=O) groups is 1. The van der Waals surface area contributed by atoms with Crippen molar-refractivity contribution in [2.45, 2.75) is 13.3 Å². The average molecular weight is 398 g/mol. The lowest BCUT2D eigenvalue weighted by molar-refractivity contribution is 0.0601. The zero-order chi connectivity index (χ0) is 19.5. The van der Waals surface area contributed by atoms with Gasteiger partial charge >= 0.3 is 5.97 Å². The molecule has 2 N–H and O–H groups in total. The van der Waals surface area contributed by atoms with Crippen LogP contribution in [-0.2, 0) is 31.0 Å². The molecule has 8 nitrogen and oxygen atoms in total. The standard InChI is InChI=1S/C16H18N2O6S2/c1-4-11-10-17-15-13(11)8-12(16(19)24-3)9-14(15)18-26(22,23)7-6-25(20,21)5-2/h5-10,17-18H,2,4H2,1,3H3. The third-order valence-corrected chi connectivity index (χ3v) is 5.74. The molecule has 140 valence electrons. The first kappa shape index (κ1) is 19.7. The molecule has 2 aromatic rings. The van der Waals surface area contributed by atoms with Crippen LogP contribution < -0.4 is 4.72 Å². The van der Waals surface area contributed by atoms with Crippen LogP contribution in [0.25, 0.3) is 10.9 Å². The molecule has 0 aliphatic rings. The minimum absolute atomic E-state index is 0.100. The lowest BCUT2D eigenvalue weighted by atomic mass is 10.1. The van der Waals surface area contributed by atoms with Crippen molar-refractivity contribution in [3.63, 3.8) is 0 Å². The fraction of sp³-hybridized carbons (Fsp3) is 0.188. The lowest BCUT2D eigenvalue weighted by Crippen LogP contribution is -2.11. The zero-order valence-corrected chi connectivity index (χ0v) is 15.8. The van der Waals surface area contributed by atoms with E-state index in [-0.39, 0.29) is 11.3 Å². The molecule has 1 aromatic heterocycles. The SMILES string of the molecule is C=CS(=O)(=O)C=CS(=O)(=O)Nc1cc(C(=O)OC)cc2c(CC)c[nH]c12. The summed E-state index contributed by atoms with van der Waals surface area (Å²) >= 11 is 0. The quantitative estimate of drug-likeness (QED) is 0.690. The normalized spacial score (nSPS) is 12.4. The molecule has 0 aliphatic carbocycles. The van der Waals surface area contributed by atoms with Crippen LogP contribution in [0, 0.1) is 0 Å². The number of H-pyrrole nitrogens is 1. The van der Waals surface area contributed by atoms with Gasteiger partial charge in [-0.1, -0.05) is 13.5 Å². The van der Waals surface area contributed by atoms with Gasteiger partial charge in [0, 0.05) is 22.4 Å². The van der Waals surface area contributed by atoms with Crippen LogP contribution in [0.1, 0.15) is 22.8 Å². The van der Waals surface area contributed by atoms with Gasteiger partial charge in [0.2, 0.25) is 0 Å². The summed E-state index contributed by atoms with van der Waals surface area (Å²) in [6.07, 6.45) is 2.37. The number of fused-ring (bicyclic) bond motifs is 1. The Morgan fingerprint density at radius 3 is 2.54 bits per heavy atom. The van der Waals surface area contributed by atoms with Gasteiger partial charge in [0.05, 0.1) is 29.3 Å². The smallest absolute Gasteiger partial charge is 0.337 e. The van der Waals surface area contributed by atoms with E-state index in [4.69, 9.17) is 4.74 Å². The molecule has 0 amide bonds. The number of aromatic nitrogens is 1. The second-order valence-electron chi connectivity index (χ2n) is 5.28. The van der Waals surface area contributed by atoms with Gasteiger partial charge in [-0.3, -0.25) is 4.72 Å². The lowest BCUT2D eigenvalue weighted by Gasteiger charge is -2.09. The van der Waals surface area contributed by atoms with E-state index in [0.29, 0.717) is 33.5 Å². The monoisotopic (exact) mass is 398 g/mol. The van der Waals surface area contributed by atoms with Crippen LogP contribution in [0.5, 0.6) is 0 Å². The van der Waals surface area contributed by atoms with Crippen molar-refractivity contribution in [3.05, 3.63) is 52.3 Å². The topological polar surface area (TPSA) is 122 Å². The molecular formula is C16H18N2O6S2. The Bertz CT molecular complexity index is 1100. The van der Waals surface area contributed by atoms with Gasteiger partial charge < -0.3 is 9.72 Å². The van der Waals surface area contributed by atoms with Crippen LogP contribution in [-0.4, -0.2) is 34.9 Å². The molecule has 1 heterocycles. The molecule has 0 saturated heterocycles. The third kappa shape index (κ3) is 4.33. The summed E-state index contributed by atoms with van der Waals surface area (Å²) in [5.74, 6) is -0.625. The van der Waals surface area contributed by atoms with E-state index in [9.17, 15) is 21.6 Å². The molecule has 1 aromatic carbocycles. The zero-order valence-electron chi connectivity index (χ0n) is 14.1. The highest BCUT2D eigenvalue weighted by molar-refractivity contribution is 7.99. The second-order valence-corrected chi connectivity index (χ2v) is 8.63. The molecule has 0 unspecified atom stereocenters. The first-order chi connectivity index (χ1) is 12.1. The fourth-order valence-electron chi connectivity index (χ4n) is 2.29. The fourth-order valence-corrected chi connectivity index (χ4v) is 4.14. The van der Waals surface area contributed by atoms with Crippen molar-refractivity contribution in [2.24, 2.45) is 0 Å². The van der Waals surface area contributed by atoms with Crippen molar-refractivity contribution in [2.75, 3.05) is 11.8 Å². The van der Waals surface area contributed by atoms with E-state index in [0.717, 1.165) is 5.56 Å². The van der Waals surface area contributed by atoms with E-state index in [1.54, 1.807) is 12.3 Å². The summed E-state index contributed by atoms with van der Waals surface area (Å²) in [5, 5.41) is 2.34. The highest BCUT2D eigenvalue weighted by Crippen LogP contribution is 2.29. The molecule has 2 rings (SSSR count). The number of nitrogens with one attached hydrogen (secondary N) is 2. The van der Waals surface area contributed by atoms with Crippen molar-refractivity contribution >= 4 is 42.4 Å². The Hall–Kier alpha value is -2.59. The van der Waals surface area contributed by atoms with Crippen molar-refractivity contribution in [1.82, 2.24) is 4.98 Å². The van der Waals surface area contributed by atoms with Gasteiger partial charge in [-0.2, -0.15) is 0 Å². The number of methoxy groups -OCH3 is 1. The first-order valence-electron chi connectivity index (χ1n) is 7.43. The number of aryl methyl sites for hydroxylation is 1. The van der Waals surface area contributed by atoms with Crippen LogP contribution in [0.2, 0.25) is 0 Å². The maximum Gasteiger partial charge on any atom is 0.337 e. The number of esters is 1. The van der Waals surface area contributed by atoms with E-state index in [1.165, 1.54) is 13.2 Å². The number of anilines is 1. The summed E-state index contributed by atoms with van der Waals surface area (Å²) in [5.41, 5.74) is 1.62. The predicted molar refractivity (Wildman–Crippen MR) is 99.8 cm³/mol. The summed E-state index contributed by atoms with van der Waals surface area (Å²) in [4.78, 5) is 14.8. The summed E-state index contributed by atoms with van der Waals surface area (Å²) in [6, 6.07) is 2.92. The Kier molecular flexibility index (Phi) is 5.57. The van der Waals surface area contributed by atoms with E-state index < -0.39 is 25.8 Å². The number of sulfone groups is 1. The number of ether oxygens (including phenoxy) is 1. The van der Waals surface area contributed by atoms with E-state index >= 15 is 0 Å².